The van der Waals surface area contributed by atoms with E-state index < -0.39 is 17.6 Å². The van der Waals surface area contributed by atoms with E-state index in [1.807, 2.05) is 24.3 Å². The summed E-state index contributed by atoms with van der Waals surface area (Å²) in [6.45, 7) is 4.23. The highest BCUT2D eigenvalue weighted by molar-refractivity contribution is 6.32. The quantitative estimate of drug-likeness (QED) is 0.674. The number of nitrogens with zero attached hydrogens (tertiary/aromatic N) is 1. The molecule has 1 saturated heterocycles. The van der Waals surface area contributed by atoms with Gasteiger partial charge < -0.3 is 10.1 Å². The first-order chi connectivity index (χ1) is 14.3. The van der Waals surface area contributed by atoms with E-state index >= 15 is 0 Å². The van der Waals surface area contributed by atoms with Crippen LogP contribution >= 0.6 is 11.6 Å². The summed E-state index contributed by atoms with van der Waals surface area (Å²) < 4.78 is 43.9. The van der Waals surface area contributed by atoms with Crippen molar-refractivity contribution in [3.63, 3.8) is 0 Å². The number of carbonyl (C=O) groups is 1. The zero-order valence-electron chi connectivity index (χ0n) is 16.2. The Morgan fingerprint density at radius 1 is 1.13 bits per heavy atom. The number of alkyl halides is 3. The highest BCUT2D eigenvalue weighted by atomic mass is 35.5. The van der Waals surface area contributed by atoms with E-state index in [0.717, 1.165) is 42.9 Å². The Morgan fingerprint density at radius 2 is 1.83 bits per heavy atom. The molecule has 0 aliphatic carbocycles. The summed E-state index contributed by atoms with van der Waals surface area (Å²) in [5.41, 5.74) is 1.42. The molecule has 8 heteroatoms. The summed E-state index contributed by atoms with van der Waals surface area (Å²) in [5, 5.41) is 2.92. The van der Waals surface area contributed by atoms with Crippen molar-refractivity contribution in [1.82, 2.24) is 10.2 Å². The maximum Gasteiger partial charge on any atom is 0.416 e. The second-order valence-corrected chi connectivity index (χ2v) is 7.35. The highest BCUT2D eigenvalue weighted by Gasteiger charge is 2.30. The van der Waals surface area contributed by atoms with Crippen LogP contribution in [0.5, 0.6) is 0 Å². The lowest BCUT2D eigenvalue weighted by Crippen LogP contribution is -2.36. The highest BCUT2D eigenvalue weighted by Crippen LogP contribution is 2.32. The van der Waals surface area contributed by atoms with Gasteiger partial charge >= 0.3 is 6.18 Å². The number of hydrogen-bond acceptors (Lipinski definition) is 3. The molecule has 1 fully saturated rings. The van der Waals surface area contributed by atoms with Gasteiger partial charge in [0.15, 0.2) is 0 Å². The Morgan fingerprint density at radius 3 is 2.53 bits per heavy atom. The smallest absolute Gasteiger partial charge is 0.379 e. The standard InChI is InChI=1S/C22H22ClF3N2O2/c23-20-7-6-19(22(24,25)26)13-16(20)5-8-21(29)27-14-17-3-1-2-4-18(17)15-28-9-11-30-12-10-28/h1-8,13H,9-12,14-15H2,(H,27,29). The van der Waals surface area contributed by atoms with Crippen LogP contribution in [0.2, 0.25) is 5.02 Å². The second kappa shape index (κ2) is 10.1. The molecule has 0 bridgehead atoms. The second-order valence-electron chi connectivity index (χ2n) is 6.94. The zero-order chi connectivity index (χ0) is 21.6. The van der Waals surface area contributed by atoms with Gasteiger partial charge in [-0.05, 0) is 41.0 Å². The average Bonchev–Trinajstić information content (AvgIpc) is 2.72. The average molecular weight is 439 g/mol. The van der Waals surface area contributed by atoms with Crippen molar-refractivity contribution in [2.75, 3.05) is 26.3 Å². The fraction of sp³-hybridized carbons (Fsp3) is 0.318. The first kappa shape index (κ1) is 22.3. The van der Waals surface area contributed by atoms with Crippen LogP contribution in [-0.4, -0.2) is 37.1 Å². The topological polar surface area (TPSA) is 41.6 Å². The van der Waals surface area contributed by atoms with E-state index in [2.05, 4.69) is 10.2 Å². The number of hydrogen-bond donors (Lipinski definition) is 1. The van der Waals surface area contributed by atoms with Crippen LogP contribution in [0.3, 0.4) is 0 Å². The zero-order valence-corrected chi connectivity index (χ0v) is 17.0. The summed E-state index contributed by atoms with van der Waals surface area (Å²) in [6.07, 6.45) is -2.00. The molecule has 0 unspecified atom stereocenters. The third-order valence-electron chi connectivity index (χ3n) is 4.81. The third-order valence-corrected chi connectivity index (χ3v) is 5.15. The molecule has 2 aromatic rings. The van der Waals surface area contributed by atoms with Crippen LogP contribution in [0, 0.1) is 0 Å². The van der Waals surface area contributed by atoms with Gasteiger partial charge in [-0.15, -0.1) is 0 Å². The van der Waals surface area contributed by atoms with E-state index in [1.54, 1.807) is 0 Å². The summed E-state index contributed by atoms with van der Waals surface area (Å²) in [7, 11) is 0. The molecule has 0 spiro atoms. The number of halogens is 4. The normalized spacial score (nSPS) is 15.5. The number of amides is 1. The van der Waals surface area contributed by atoms with Crippen LogP contribution in [0.15, 0.2) is 48.5 Å². The lowest BCUT2D eigenvalue weighted by Gasteiger charge is -2.27. The summed E-state index contributed by atoms with van der Waals surface area (Å²) in [5.74, 6) is -0.412. The minimum absolute atomic E-state index is 0.134. The van der Waals surface area contributed by atoms with E-state index in [4.69, 9.17) is 16.3 Å². The minimum Gasteiger partial charge on any atom is -0.379 e. The van der Waals surface area contributed by atoms with Gasteiger partial charge in [0.1, 0.15) is 0 Å². The number of rotatable bonds is 6. The van der Waals surface area contributed by atoms with Crippen molar-refractivity contribution >= 4 is 23.6 Å². The molecule has 0 aromatic heterocycles. The van der Waals surface area contributed by atoms with Gasteiger partial charge in [0.25, 0.3) is 0 Å². The number of ether oxygens (including phenoxy) is 1. The van der Waals surface area contributed by atoms with E-state index in [0.29, 0.717) is 19.8 Å². The van der Waals surface area contributed by atoms with Crippen LogP contribution in [0.1, 0.15) is 22.3 Å². The molecular formula is C22H22ClF3N2O2. The molecule has 1 heterocycles. The van der Waals surface area contributed by atoms with Crippen molar-refractivity contribution in [1.29, 1.82) is 0 Å². The van der Waals surface area contributed by atoms with Crippen LogP contribution < -0.4 is 5.32 Å². The van der Waals surface area contributed by atoms with Crippen molar-refractivity contribution in [2.24, 2.45) is 0 Å². The van der Waals surface area contributed by atoms with Crippen molar-refractivity contribution in [3.8, 4) is 0 Å². The van der Waals surface area contributed by atoms with Gasteiger partial charge in [-0.3, -0.25) is 9.69 Å². The predicted molar refractivity (Wildman–Crippen MR) is 110 cm³/mol. The fourth-order valence-electron chi connectivity index (χ4n) is 3.14. The molecule has 1 aliphatic rings. The number of nitrogens with one attached hydrogen (secondary N) is 1. The van der Waals surface area contributed by atoms with Crippen LogP contribution in [-0.2, 0) is 28.8 Å². The molecular weight excluding hydrogens is 417 g/mol. The molecule has 1 aliphatic heterocycles. The lowest BCUT2D eigenvalue weighted by molar-refractivity contribution is -0.137. The molecule has 0 atom stereocenters. The molecule has 1 N–H and O–H groups in total. The van der Waals surface area contributed by atoms with Gasteiger partial charge in [-0.1, -0.05) is 35.9 Å². The van der Waals surface area contributed by atoms with Gasteiger partial charge in [-0.25, -0.2) is 0 Å². The predicted octanol–water partition coefficient (Wildman–Crippen LogP) is 4.52. The first-order valence-corrected chi connectivity index (χ1v) is 9.90. The molecule has 1 amide bonds. The lowest BCUT2D eigenvalue weighted by atomic mass is 10.1. The third kappa shape index (κ3) is 6.32. The van der Waals surface area contributed by atoms with Gasteiger partial charge in [0, 0.05) is 37.3 Å². The van der Waals surface area contributed by atoms with Crippen molar-refractivity contribution in [2.45, 2.75) is 19.3 Å². The summed E-state index contributed by atoms with van der Waals surface area (Å²) in [6, 6.07) is 10.8. The molecule has 160 valence electrons. The van der Waals surface area contributed by atoms with Crippen molar-refractivity contribution < 1.29 is 22.7 Å². The molecule has 0 radical (unpaired) electrons. The Kier molecular flexibility index (Phi) is 7.53. The molecule has 2 aromatic carbocycles. The molecule has 3 rings (SSSR count). The molecule has 0 saturated carbocycles. The van der Waals surface area contributed by atoms with E-state index in [9.17, 15) is 18.0 Å². The maximum absolute atomic E-state index is 12.9. The Bertz CT molecular complexity index is 909. The van der Waals surface area contributed by atoms with Crippen molar-refractivity contribution in [3.05, 3.63) is 75.8 Å². The Balaban J connectivity index is 1.61. The molecule has 4 nitrogen and oxygen atoms in total. The van der Waals surface area contributed by atoms with Gasteiger partial charge in [0.05, 0.1) is 18.8 Å². The Labute approximate surface area is 178 Å². The first-order valence-electron chi connectivity index (χ1n) is 9.52. The van der Waals surface area contributed by atoms with Gasteiger partial charge in [-0.2, -0.15) is 13.2 Å². The summed E-state index contributed by atoms with van der Waals surface area (Å²) >= 11 is 5.95. The van der Waals surface area contributed by atoms with E-state index in [-0.39, 0.29) is 10.6 Å². The largest absolute Gasteiger partial charge is 0.416 e. The van der Waals surface area contributed by atoms with Crippen LogP contribution in [0.25, 0.3) is 6.08 Å². The summed E-state index contributed by atoms with van der Waals surface area (Å²) in [4.78, 5) is 14.5. The SMILES string of the molecule is O=C(C=Cc1cc(C(F)(F)F)ccc1Cl)NCc1ccccc1CN1CCOCC1. The Hall–Kier alpha value is -2.35. The fourth-order valence-corrected chi connectivity index (χ4v) is 3.32. The van der Waals surface area contributed by atoms with Gasteiger partial charge in [0.2, 0.25) is 5.91 Å². The monoisotopic (exact) mass is 438 g/mol. The maximum atomic E-state index is 12.9. The number of benzene rings is 2. The molecule has 30 heavy (non-hydrogen) atoms. The minimum atomic E-state index is -4.47. The number of carbonyl (C=O) groups excluding carboxylic acids is 1. The van der Waals surface area contributed by atoms with Crippen LogP contribution in [0.4, 0.5) is 13.2 Å². The van der Waals surface area contributed by atoms with E-state index in [1.165, 1.54) is 18.2 Å². The number of morpholine rings is 1.